The zero-order valence-electron chi connectivity index (χ0n) is 22.9. The second kappa shape index (κ2) is 13.3. The number of halogens is 3. The number of amides is 2. The molecule has 3 aromatic carbocycles. The Bertz CT molecular complexity index is 1310. The Hall–Kier alpha value is -3.45. The average Bonchev–Trinajstić information content (AvgIpc) is 2.94. The molecule has 1 N–H and O–H groups in total. The van der Waals surface area contributed by atoms with E-state index in [1.807, 2.05) is 31.2 Å². The van der Waals surface area contributed by atoms with Crippen LogP contribution >= 0.6 is 11.6 Å². The highest BCUT2D eigenvalue weighted by molar-refractivity contribution is 6.30. The molecule has 2 aliphatic rings. The van der Waals surface area contributed by atoms with Gasteiger partial charge in [0.1, 0.15) is 17.2 Å². The van der Waals surface area contributed by atoms with Crippen molar-refractivity contribution in [1.29, 1.82) is 0 Å². The van der Waals surface area contributed by atoms with Gasteiger partial charge in [0.25, 0.3) is 0 Å². The topological polar surface area (TPSA) is 58.6 Å². The number of rotatable bonds is 6. The Morgan fingerprint density at radius 2 is 1.65 bits per heavy atom. The van der Waals surface area contributed by atoms with Crippen molar-refractivity contribution in [2.45, 2.75) is 69.9 Å². The van der Waals surface area contributed by atoms with Gasteiger partial charge in [0, 0.05) is 24.2 Å². The lowest BCUT2D eigenvalue weighted by Gasteiger charge is -2.41. The summed E-state index contributed by atoms with van der Waals surface area (Å²) in [6.07, 6.45) is 5.97. The van der Waals surface area contributed by atoms with Gasteiger partial charge in [-0.2, -0.15) is 0 Å². The molecule has 0 radical (unpaired) electrons. The summed E-state index contributed by atoms with van der Waals surface area (Å²) in [7, 11) is 1.79. The fourth-order valence-corrected chi connectivity index (χ4v) is 5.61. The third-order valence-corrected chi connectivity index (χ3v) is 7.77. The first-order valence-corrected chi connectivity index (χ1v) is 14.1. The predicted molar refractivity (Wildman–Crippen MR) is 153 cm³/mol. The second-order valence-corrected chi connectivity index (χ2v) is 10.9. The summed E-state index contributed by atoms with van der Waals surface area (Å²) in [6, 6.07) is 18.1. The molecule has 2 amide bonds. The lowest BCUT2D eigenvalue weighted by Crippen LogP contribution is -2.41. The molecule has 40 heavy (non-hydrogen) atoms. The number of nitrogens with one attached hydrogen (secondary N) is 1. The quantitative estimate of drug-likeness (QED) is 0.324. The molecule has 1 unspecified atom stereocenters. The van der Waals surface area contributed by atoms with Crippen LogP contribution in [0.4, 0.5) is 19.3 Å². The van der Waals surface area contributed by atoms with Crippen molar-refractivity contribution in [3.63, 3.8) is 0 Å². The van der Waals surface area contributed by atoms with Crippen molar-refractivity contribution in [2.24, 2.45) is 0 Å². The maximum Gasteiger partial charge on any atom is 0.412 e. The Labute approximate surface area is 239 Å². The van der Waals surface area contributed by atoms with Gasteiger partial charge in [-0.15, -0.1) is 0 Å². The number of fused-ring (bicyclic) bond motifs is 2. The van der Waals surface area contributed by atoms with Crippen LogP contribution in [0.5, 0.6) is 0 Å². The number of likely N-dealkylation sites (N-methyl/N-ethyl adjacent to an activating group) is 1. The van der Waals surface area contributed by atoms with Crippen LogP contribution in [0.2, 0.25) is 5.02 Å². The number of hydrogen-bond acceptors (Lipinski definition) is 3. The van der Waals surface area contributed by atoms with Gasteiger partial charge in [-0.05, 0) is 85.7 Å². The van der Waals surface area contributed by atoms with Crippen molar-refractivity contribution >= 4 is 29.3 Å². The Kier molecular flexibility index (Phi) is 9.80. The van der Waals surface area contributed by atoms with Crippen LogP contribution in [-0.4, -0.2) is 23.9 Å². The van der Waals surface area contributed by atoms with Crippen LogP contribution in [0, 0.1) is 11.6 Å². The van der Waals surface area contributed by atoms with Crippen LogP contribution < -0.4 is 5.32 Å². The van der Waals surface area contributed by atoms with Gasteiger partial charge in [0.05, 0.1) is 11.6 Å². The average molecular weight is 569 g/mol. The highest BCUT2D eigenvalue weighted by atomic mass is 35.5. The zero-order valence-corrected chi connectivity index (χ0v) is 23.6. The van der Waals surface area contributed by atoms with Crippen LogP contribution in [-0.2, 0) is 21.7 Å². The molecule has 212 valence electrons. The lowest BCUT2D eigenvalue weighted by molar-refractivity contribution is -0.132. The summed E-state index contributed by atoms with van der Waals surface area (Å²) >= 11 is 5.88. The number of benzene rings is 3. The molecule has 5 nitrogen and oxygen atoms in total. The van der Waals surface area contributed by atoms with Gasteiger partial charge in [0.2, 0.25) is 5.91 Å². The van der Waals surface area contributed by atoms with E-state index in [-0.39, 0.29) is 23.5 Å². The summed E-state index contributed by atoms with van der Waals surface area (Å²) < 4.78 is 32.0. The first-order valence-electron chi connectivity index (χ1n) is 13.8. The standard InChI is InChI=1S/C19H21ClFNO.C13H14FNO2/c1-3-4-18(15-7-11-17(21)12-8-15)19(23)22(2)13-14-5-9-16(20)10-6-14;14-9-4-5-11-10(8-9)13(17-12(16)15-11)6-2-1-3-7-13/h5-12,18H,3-4,13H2,1-2H3;4-5,8H,1-3,6-7H2,(H,15,16). The molecule has 1 spiro atoms. The van der Waals surface area contributed by atoms with Crippen molar-refractivity contribution < 1.29 is 23.1 Å². The molecular formula is C32H35ClF2N2O3. The summed E-state index contributed by atoms with van der Waals surface area (Å²) in [5, 5.41) is 3.31. The summed E-state index contributed by atoms with van der Waals surface area (Å²) in [5.41, 5.74) is 2.76. The minimum atomic E-state index is -0.599. The van der Waals surface area contributed by atoms with E-state index in [4.69, 9.17) is 16.3 Å². The van der Waals surface area contributed by atoms with Crippen LogP contribution in [0.25, 0.3) is 0 Å². The third-order valence-electron chi connectivity index (χ3n) is 7.52. The number of ether oxygens (including phenoxy) is 1. The number of carbonyl (C=O) groups is 2. The molecule has 3 aromatic rings. The molecule has 1 aliphatic carbocycles. The maximum atomic E-state index is 13.4. The van der Waals surface area contributed by atoms with Gasteiger partial charge >= 0.3 is 6.09 Å². The van der Waals surface area contributed by atoms with E-state index in [0.717, 1.165) is 61.6 Å². The van der Waals surface area contributed by atoms with Crippen LogP contribution in [0.3, 0.4) is 0 Å². The Balaban J connectivity index is 0.000000192. The highest BCUT2D eigenvalue weighted by Gasteiger charge is 2.43. The molecule has 1 atom stereocenters. The number of anilines is 1. The molecular weight excluding hydrogens is 534 g/mol. The van der Waals surface area contributed by atoms with Gasteiger partial charge in [-0.1, -0.05) is 55.6 Å². The van der Waals surface area contributed by atoms with Crippen molar-refractivity contribution in [3.05, 3.63) is 100 Å². The minimum Gasteiger partial charge on any atom is -0.438 e. The van der Waals surface area contributed by atoms with E-state index in [0.29, 0.717) is 17.3 Å². The molecule has 1 aliphatic heterocycles. The normalized spacial score (nSPS) is 16.1. The molecule has 5 rings (SSSR count). The van der Waals surface area contributed by atoms with E-state index in [1.54, 1.807) is 30.1 Å². The van der Waals surface area contributed by atoms with E-state index >= 15 is 0 Å². The Morgan fingerprint density at radius 3 is 2.30 bits per heavy atom. The summed E-state index contributed by atoms with van der Waals surface area (Å²) in [4.78, 5) is 26.1. The molecule has 1 heterocycles. The molecule has 0 aromatic heterocycles. The fraction of sp³-hybridized carbons (Fsp3) is 0.375. The molecule has 0 saturated heterocycles. The lowest BCUT2D eigenvalue weighted by atomic mass is 9.78. The van der Waals surface area contributed by atoms with Crippen molar-refractivity contribution in [3.8, 4) is 0 Å². The van der Waals surface area contributed by atoms with Crippen molar-refractivity contribution in [1.82, 2.24) is 4.90 Å². The Morgan fingerprint density at radius 1 is 1.00 bits per heavy atom. The van der Waals surface area contributed by atoms with Crippen molar-refractivity contribution in [2.75, 3.05) is 12.4 Å². The van der Waals surface area contributed by atoms with Gasteiger partial charge in [-0.3, -0.25) is 10.1 Å². The number of hydrogen-bond donors (Lipinski definition) is 1. The van der Waals surface area contributed by atoms with E-state index < -0.39 is 11.7 Å². The predicted octanol–water partition coefficient (Wildman–Crippen LogP) is 8.57. The van der Waals surface area contributed by atoms with Gasteiger partial charge in [-0.25, -0.2) is 13.6 Å². The van der Waals surface area contributed by atoms with Gasteiger partial charge in [0.15, 0.2) is 0 Å². The van der Waals surface area contributed by atoms with Gasteiger partial charge < -0.3 is 9.64 Å². The smallest absolute Gasteiger partial charge is 0.412 e. The summed E-state index contributed by atoms with van der Waals surface area (Å²) in [5.74, 6) is -0.759. The van der Waals surface area contributed by atoms with Crippen LogP contribution in [0.15, 0.2) is 66.7 Å². The van der Waals surface area contributed by atoms with E-state index in [1.165, 1.54) is 24.3 Å². The minimum absolute atomic E-state index is 0.0495. The molecule has 1 saturated carbocycles. The van der Waals surface area contributed by atoms with Crippen LogP contribution in [0.1, 0.15) is 74.5 Å². The second-order valence-electron chi connectivity index (χ2n) is 10.5. The first kappa shape index (κ1) is 29.5. The monoisotopic (exact) mass is 568 g/mol. The van der Waals surface area contributed by atoms with E-state index in [2.05, 4.69) is 5.32 Å². The first-order chi connectivity index (χ1) is 19.2. The fourth-order valence-electron chi connectivity index (χ4n) is 5.49. The van der Waals surface area contributed by atoms with E-state index in [9.17, 15) is 18.4 Å². The molecule has 8 heteroatoms. The SMILES string of the molecule is CCCC(C(=O)N(C)Cc1ccc(Cl)cc1)c1ccc(F)cc1.O=C1Nc2ccc(F)cc2C2(CCCCC2)O1. The number of carbonyl (C=O) groups excluding carboxylic acids is 2. The third kappa shape index (κ3) is 7.19. The largest absolute Gasteiger partial charge is 0.438 e. The maximum absolute atomic E-state index is 13.4. The summed E-state index contributed by atoms with van der Waals surface area (Å²) in [6.45, 7) is 2.57. The zero-order chi connectivity index (χ0) is 28.7. The molecule has 0 bridgehead atoms. The number of nitrogens with zero attached hydrogens (tertiary/aromatic N) is 1. The highest BCUT2D eigenvalue weighted by Crippen LogP contribution is 2.46. The molecule has 1 fully saturated rings.